The molecule has 0 spiro atoms. The zero-order chi connectivity index (χ0) is 14.5. The van der Waals surface area contributed by atoms with E-state index in [4.69, 9.17) is 4.74 Å². The SMILES string of the molecule is COc1ccccc1C(C)NC(=O)c1ccccc1F. The number of amides is 1. The fourth-order valence-corrected chi connectivity index (χ4v) is 2.02. The van der Waals surface area contributed by atoms with Gasteiger partial charge in [0.2, 0.25) is 0 Å². The van der Waals surface area contributed by atoms with E-state index >= 15 is 0 Å². The van der Waals surface area contributed by atoms with E-state index in [-0.39, 0.29) is 11.6 Å². The number of carbonyl (C=O) groups excluding carboxylic acids is 1. The Morgan fingerprint density at radius 2 is 1.80 bits per heavy atom. The van der Waals surface area contributed by atoms with Gasteiger partial charge in [0.05, 0.1) is 18.7 Å². The third-order valence-electron chi connectivity index (χ3n) is 3.07. The smallest absolute Gasteiger partial charge is 0.254 e. The van der Waals surface area contributed by atoms with E-state index in [2.05, 4.69) is 5.32 Å². The summed E-state index contributed by atoms with van der Waals surface area (Å²) in [4.78, 5) is 12.1. The Morgan fingerprint density at radius 1 is 1.15 bits per heavy atom. The predicted octanol–water partition coefficient (Wildman–Crippen LogP) is 3.33. The van der Waals surface area contributed by atoms with Gasteiger partial charge >= 0.3 is 0 Å². The fraction of sp³-hybridized carbons (Fsp3) is 0.188. The molecule has 1 unspecified atom stereocenters. The summed E-state index contributed by atoms with van der Waals surface area (Å²) in [5.74, 6) is -0.285. The van der Waals surface area contributed by atoms with E-state index in [1.807, 2.05) is 31.2 Å². The molecule has 2 aromatic rings. The van der Waals surface area contributed by atoms with Crippen molar-refractivity contribution in [1.82, 2.24) is 5.32 Å². The molecular weight excluding hydrogens is 257 g/mol. The molecule has 20 heavy (non-hydrogen) atoms. The Labute approximate surface area is 117 Å². The molecule has 0 saturated heterocycles. The first-order valence-corrected chi connectivity index (χ1v) is 6.31. The van der Waals surface area contributed by atoms with Crippen molar-refractivity contribution in [3.05, 3.63) is 65.5 Å². The van der Waals surface area contributed by atoms with E-state index in [0.717, 1.165) is 5.56 Å². The largest absolute Gasteiger partial charge is 0.496 e. The molecule has 2 rings (SSSR count). The van der Waals surface area contributed by atoms with Crippen LogP contribution in [0.25, 0.3) is 0 Å². The molecular formula is C16H16FNO2. The molecule has 0 saturated carbocycles. The van der Waals surface area contributed by atoms with Crippen molar-refractivity contribution in [3.63, 3.8) is 0 Å². The molecule has 4 heteroatoms. The average Bonchev–Trinajstić information content (AvgIpc) is 2.47. The van der Waals surface area contributed by atoms with E-state index in [0.29, 0.717) is 5.75 Å². The number of methoxy groups -OCH3 is 1. The van der Waals surface area contributed by atoms with Crippen LogP contribution in [0, 0.1) is 5.82 Å². The van der Waals surface area contributed by atoms with E-state index in [9.17, 15) is 9.18 Å². The zero-order valence-corrected chi connectivity index (χ0v) is 11.4. The maximum atomic E-state index is 13.6. The van der Waals surface area contributed by atoms with Crippen molar-refractivity contribution in [2.75, 3.05) is 7.11 Å². The summed E-state index contributed by atoms with van der Waals surface area (Å²) in [5.41, 5.74) is 0.883. The Kier molecular flexibility index (Phi) is 4.35. The molecule has 1 amide bonds. The highest BCUT2D eigenvalue weighted by molar-refractivity contribution is 5.94. The first kappa shape index (κ1) is 14.1. The molecule has 0 heterocycles. The van der Waals surface area contributed by atoms with Gasteiger partial charge in [0.1, 0.15) is 11.6 Å². The van der Waals surface area contributed by atoms with E-state index in [1.54, 1.807) is 19.2 Å². The van der Waals surface area contributed by atoms with Gasteiger partial charge in [-0.05, 0) is 25.1 Å². The second kappa shape index (κ2) is 6.19. The summed E-state index contributed by atoms with van der Waals surface area (Å²) >= 11 is 0. The minimum atomic E-state index is -0.530. The van der Waals surface area contributed by atoms with Crippen LogP contribution in [-0.4, -0.2) is 13.0 Å². The second-order valence-electron chi connectivity index (χ2n) is 4.42. The van der Waals surface area contributed by atoms with Gasteiger partial charge < -0.3 is 10.1 Å². The van der Waals surface area contributed by atoms with Gasteiger partial charge in [-0.1, -0.05) is 30.3 Å². The molecule has 0 aromatic heterocycles. The fourth-order valence-electron chi connectivity index (χ4n) is 2.02. The van der Waals surface area contributed by atoms with Crippen LogP contribution in [0.4, 0.5) is 4.39 Å². The third-order valence-corrected chi connectivity index (χ3v) is 3.07. The summed E-state index contributed by atoms with van der Waals surface area (Å²) in [6, 6.07) is 13.0. The highest BCUT2D eigenvalue weighted by atomic mass is 19.1. The number of halogens is 1. The molecule has 0 bridgehead atoms. The van der Waals surface area contributed by atoms with Crippen molar-refractivity contribution in [3.8, 4) is 5.75 Å². The lowest BCUT2D eigenvalue weighted by atomic mass is 10.1. The average molecular weight is 273 g/mol. The summed E-state index contributed by atoms with van der Waals surface area (Å²) < 4.78 is 18.8. The number of carbonyl (C=O) groups is 1. The van der Waals surface area contributed by atoms with Gasteiger partial charge in [-0.2, -0.15) is 0 Å². The minimum Gasteiger partial charge on any atom is -0.496 e. The van der Waals surface area contributed by atoms with Crippen LogP contribution < -0.4 is 10.1 Å². The Morgan fingerprint density at radius 3 is 2.50 bits per heavy atom. The van der Waals surface area contributed by atoms with Crippen molar-refractivity contribution < 1.29 is 13.9 Å². The van der Waals surface area contributed by atoms with Crippen molar-refractivity contribution in [1.29, 1.82) is 0 Å². The summed E-state index contributed by atoms with van der Waals surface area (Å²) in [6.07, 6.45) is 0. The summed E-state index contributed by atoms with van der Waals surface area (Å²) in [5, 5.41) is 2.77. The predicted molar refractivity (Wildman–Crippen MR) is 75.3 cm³/mol. The number of hydrogen-bond donors (Lipinski definition) is 1. The maximum Gasteiger partial charge on any atom is 0.254 e. The first-order valence-electron chi connectivity index (χ1n) is 6.31. The Hall–Kier alpha value is -2.36. The van der Waals surface area contributed by atoms with Crippen LogP contribution in [0.3, 0.4) is 0 Å². The van der Waals surface area contributed by atoms with Crippen LogP contribution in [0.5, 0.6) is 5.75 Å². The summed E-state index contributed by atoms with van der Waals surface area (Å²) in [7, 11) is 1.57. The van der Waals surface area contributed by atoms with Gasteiger partial charge in [-0.25, -0.2) is 4.39 Å². The number of benzene rings is 2. The lowest BCUT2D eigenvalue weighted by Crippen LogP contribution is -2.27. The lowest BCUT2D eigenvalue weighted by Gasteiger charge is -2.17. The highest BCUT2D eigenvalue weighted by Crippen LogP contribution is 2.24. The van der Waals surface area contributed by atoms with E-state index < -0.39 is 11.7 Å². The standard InChI is InChI=1S/C16H16FNO2/c1-11(12-7-4-6-10-15(12)20-2)18-16(19)13-8-3-5-9-14(13)17/h3-11H,1-2H3,(H,18,19). The number of nitrogens with one attached hydrogen (secondary N) is 1. The molecule has 0 radical (unpaired) electrons. The topological polar surface area (TPSA) is 38.3 Å². The third kappa shape index (κ3) is 2.96. The first-order chi connectivity index (χ1) is 9.63. The molecule has 104 valence electrons. The van der Waals surface area contributed by atoms with Gasteiger partial charge in [0, 0.05) is 5.56 Å². The van der Waals surface area contributed by atoms with Gasteiger partial charge in [0.15, 0.2) is 0 Å². The van der Waals surface area contributed by atoms with Gasteiger partial charge in [-0.3, -0.25) is 4.79 Å². The molecule has 1 atom stereocenters. The minimum absolute atomic E-state index is 0.0363. The normalized spacial score (nSPS) is 11.8. The molecule has 0 aliphatic carbocycles. The Bertz CT molecular complexity index is 613. The zero-order valence-electron chi connectivity index (χ0n) is 11.4. The van der Waals surface area contributed by atoms with Crippen molar-refractivity contribution >= 4 is 5.91 Å². The van der Waals surface area contributed by atoms with Crippen LogP contribution in [-0.2, 0) is 0 Å². The van der Waals surface area contributed by atoms with Crippen LogP contribution in [0.2, 0.25) is 0 Å². The lowest BCUT2D eigenvalue weighted by molar-refractivity contribution is 0.0935. The highest BCUT2D eigenvalue weighted by Gasteiger charge is 2.16. The second-order valence-corrected chi connectivity index (χ2v) is 4.42. The quantitative estimate of drug-likeness (QED) is 0.928. The Balaban J connectivity index is 2.18. The van der Waals surface area contributed by atoms with Crippen LogP contribution in [0.15, 0.2) is 48.5 Å². The maximum absolute atomic E-state index is 13.6. The number of para-hydroxylation sites is 1. The van der Waals surface area contributed by atoms with Crippen LogP contribution >= 0.6 is 0 Å². The number of hydrogen-bond acceptors (Lipinski definition) is 2. The monoisotopic (exact) mass is 273 g/mol. The summed E-state index contributed by atoms with van der Waals surface area (Å²) in [6.45, 7) is 1.83. The van der Waals surface area contributed by atoms with Crippen LogP contribution in [0.1, 0.15) is 28.9 Å². The van der Waals surface area contributed by atoms with Gasteiger partial charge in [0.25, 0.3) is 5.91 Å². The molecule has 3 nitrogen and oxygen atoms in total. The number of rotatable bonds is 4. The molecule has 0 aliphatic heterocycles. The molecule has 0 aliphatic rings. The number of ether oxygens (including phenoxy) is 1. The van der Waals surface area contributed by atoms with Crippen molar-refractivity contribution in [2.45, 2.75) is 13.0 Å². The molecule has 0 fully saturated rings. The molecule has 1 N–H and O–H groups in total. The van der Waals surface area contributed by atoms with Gasteiger partial charge in [-0.15, -0.1) is 0 Å². The molecule has 2 aromatic carbocycles. The van der Waals surface area contributed by atoms with Crippen molar-refractivity contribution in [2.24, 2.45) is 0 Å². The van der Waals surface area contributed by atoms with E-state index in [1.165, 1.54) is 12.1 Å².